The van der Waals surface area contributed by atoms with E-state index in [-0.39, 0.29) is 5.91 Å². The van der Waals surface area contributed by atoms with Crippen molar-refractivity contribution in [3.63, 3.8) is 0 Å². The van der Waals surface area contributed by atoms with Crippen molar-refractivity contribution < 1.29 is 4.79 Å². The van der Waals surface area contributed by atoms with Gasteiger partial charge in [0.1, 0.15) is 22.7 Å². The second kappa shape index (κ2) is 6.01. The van der Waals surface area contributed by atoms with Gasteiger partial charge in [-0.15, -0.1) is 0 Å². The highest BCUT2D eigenvalue weighted by atomic mass is 32.1. The largest absolute Gasteiger partial charge is 0.389 e. The fraction of sp³-hybridized carbons (Fsp3) is 0.286. The van der Waals surface area contributed by atoms with E-state index < -0.39 is 6.04 Å². The number of carbonyl (C=O) groups excluding carboxylic acids is 1. The van der Waals surface area contributed by atoms with Crippen molar-refractivity contribution in [1.82, 2.24) is 14.8 Å². The summed E-state index contributed by atoms with van der Waals surface area (Å²) < 4.78 is 1.61. The zero-order valence-corrected chi connectivity index (χ0v) is 12.9. The molecule has 1 aromatic carbocycles. The zero-order chi connectivity index (χ0) is 15.6. The Balaban J connectivity index is 2.10. The van der Waals surface area contributed by atoms with Crippen LogP contribution >= 0.6 is 12.2 Å². The van der Waals surface area contributed by atoms with Crippen LogP contribution in [-0.4, -0.2) is 25.7 Å². The molecule has 1 heterocycles. The molecule has 0 saturated carbocycles. The molecule has 1 aromatic heterocycles. The molecule has 0 radical (unpaired) electrons. The molecule has 0 bridgehead atoms. The summed E-state index contributed by atoms with van der Waals surface area (Å²) in [7, 11) is 0. The van der Waals surface area contributed by atoms with Crippen LogP contribution in [0.4, 0.5) is 5.69 Å². The maximum atomic E-state index is 12.2. The lowest BCUT2D eigenvalue weighted by molar-refractivity contribution is -0.119. The molecule has 0 spiro atoms. The molecule has 0 aliphatic rings. The molecule has 6 nitrogen and oxygen atoms in total. The molecule has 1 atom stereocenters. The molecule has 21 heavy (non-hydrogen) atoms. The van der Waals surface area contributed by atoms with E-state index >= 15 is 0 Å². The molecular formula is C14H17N5OS. The van der Waals surface area contributed by atoms with Gasteiger partial charge in [0.2, 0.25) is 5.91 Å². The van der Waals surface area contributed by atoms with Crippen LogP contribution < -0.4 is 11.1 Å². The van der Waals surface area contributed by atoms with Gasteiger partial charge in [-0.05, 0) is 45.0 Å². The Hall–Kier alpha value is -2.28. The number of hydrogen-bond acceptors (Lipinski definition) is 4. The lowest BCUT2D eigenvalue weighted by Crippen LogP contribution is -2.25. The van der Waals surface area contributed by atoms with Crippen molar-refractivity contribution >= 4 is 28.8 Å². The summed E-state index contributed by atoms with van der Waals surface area (Å²) in [5.41, 5.74) is 6.98. The topological polar surface area (TPSA) is 85.8 Å². The van der Waals surface area contributed by atoms with Crippen LogP contribution in [0.15, 0.2) is 24.3 Å². The SMILES string of the molecule is Cc1nc(C)n(C(C)C(=O)Nc2ccc(C(N)=S)cc2)n1. The fourth-order valence-corrected chi connectivity index (χ4v) is 2.11. The molecule has 0 aliphatic carbocycles. The van der Waals surface area contributed by atoms with Crippen molar-refractivity contribution in [3.05, 3.63) is 41.5 Å². The number of nitrogens with two attached hydrogens (primary N) is 1. The number of anilines is 1. The molecule has 1 amide bonds. The summed E-state index contributed by atoms with van der Waals surface area (Å²) in [5, 5.41) is 7.05. The van der Waals surface area contributed by atoms with Crippen molar-refractivity contribution in [2.24, 2.45) is 5.73 Å². The highest BCUT2D eigenvalue weighted by molar-refractivity contribution is 7.80. The van der Waals surface area contributed by atoms with E-state index in [0.717, 1.165) is 5.56 Å². The van der Waals surface area contributed by atoms with Crippen LogP contribution in [0.3, 0.4) is 0 Å². The van der Waals surface area contributed by atoms with Crippen molar-refractivity contribution in [2.45, 2.75) is 26.8 Å². The summed E-state index contributed by atoms with van der Waals surface area (Å²) in [4.78, 5) is 16.8. The minimum Gasteiger partial charge on any atom is -0.389 e. The summed E-state index contributed by atoms with van der Waals surface area (Å²) in [6, 6.07) is 6.62. The third kappa shape index (κ3) is 3.43. The predicted octanol–water partition coefficient (Wildman–Crippen LogP) is 1.73. The van der Waals surface area contributed by atoms with Crippen LogP contribution in [0.5, 0.6) is 0 Å². The maximum absolute atomic E-state index is 12.2. The Morgan fingerprint density at radius 2 is 1.95 bits per heavy atom. The number of nitrogens with zero attached hydrogens (tertiary/aromatic N) is 3. The first-order valence-electron chi connectivity index (χ1n) is 6.49. The van der Waals surface area contributed by atoms with Crippen LogP contribution in [0.2, 0.25) is 0 Å². The number of carbonyl (C=O) groups is 1. The molecule has 0 saturated heterocycles. The number of nitrogens with one attached hydrogen (secondary N) is 1. The fourth-order valence-electron chi connectivity index (χ4n) is 1.98. The summed E-state index contributed by atoms with van der Waals surface area (Å²) in [6.07, 6.45) is 0. The lowest BCUT2D eigenvalue weighted by atomic mass is 10.2. The van der Waals surface area contributed by atoms with E-state index in [1.807, 2.05) is 6.92 Å². The average molecular weight is 303 g/mol. The van der Waals surface area contributed by atoms with Crippen LogP contribution in [-0.2, 0) is 4.79 Å². The Morgan fingerprint density at radius 1 is 1.33 bits per heavy atom. The first-order valence-corrected chi connectivity index (χ1v) is 6.90. The number of aromatic nitrogens is 3. The van der Waals surface area contributed by atoms with Gasteiger partial charge in [-0.2, -0.15) is 5.10 Å². The van der Waals surface area contributed by atoms with Crippen molar-refractivity contribution in [2.75, 3.05) is 5.32 Å². The van der Waals surface area contributed by atoms with Gasteiger partial charge in [0.05, 0.1) is 0 Å². The third-order valence-corrected chi connectivity index (χ3v) is 3.33. The zero-order valence-electron chi connectivity index (χ0n) is 12.1. The van der Waals surface area contributed by atoms with Gasteiger partial charge >= 0.3 is 0 Å². The van der Waals surface area contributed by atoms with Crippen molar-refractivity contribution in [3.8, 4) is 0 Å². The number of benzene rings is 1. The highest BCUT2D eigenvalue weighted by Crippen LogP contribution is 2.14. The van der Waals surface area contributed by atoms with Gasteiger partial charge < -0.3 is 11.1 Å². The standard InChI is InChI=1S/C14H17N5OS/c1-8(19-10(3)16-9(2)18-19)14(20)17-12-6-4-11(5-7-12)13(15)21/h4-8H,1-3H3,(H2,15,21)(H,17,20). The number of hydrogen-bond donors (Lipinski definition) is 2. The van der Waals surface area contributed by atoms with Gasteiger partial charge in [-0.3, -0.25) is 4.79 Å². The Bertz CT molecular complexity index is 677. The quantitative estimate of drug-likeness (QED) is 0.840. The minimum absolute atomic E-state index is 0.161. The van der Waals surface area contributed by atoms with Gasteiger partial charge in [-0.25, -0.2) is 9.67 Å². The van der Waals surface area contributed by atoms with E-state index in [2.05, 4.69) is 15.4 Å². The molecule has 110 valence electrons. The molecule has 2 rings (SSSR count). The number of amides is 1. The average Bonchev–Trinajstić information content (AvgIpc) is 2.77. The van der Waals surface area contributed by atoms with Crippen LogP contribution in [0.1, 0.15) is 30.2 Å². The normalized spacial score (nSPS) is 12.0. The van der Waals surface area contributed by atoms with Crippen LogP contribution in [0, 0.1) is 13.8 Å². The van der Waals surface area contributed by atoms with Gasteiger partial charge in [0.25, 0.3) is 0 Å². The smallest absolute Gasteiger partial charge is 0.249 e. The molecule has 2 aromatic rings. The second-order valence-corrected chi connectivity index (χ2v) is 5.20. The van der Waals surface area contributed by atoms with Crippen molar-refractivity contribution in [1.29, 1.82) is 0 Å². The minimum atomic E-state index is -0.443. The number of thiocarbonyl (C=S) groups is 1. The Kier molecular flexibility index (Phi) is 4.32. The molecular weight excluding hydrogens is 286 g/mol. The third-order valence-electron chi connectivity index (χ3n) is 3.09. The molecule has 3 N–H and O–H groups in total. The number of aryl methyl sites for hydroxylation is 2. The summed E-state index contributed by atoms with van der Waals surface area (Å²) in [6.45, 7) is 5.39. The Labute approximate surface area is 128 Å². The maximum Gasteiger partial charge on any atom is 0.249 e. The molecule has 0 aliphatic heterocycles. The second-order valence-electron chi connectivity index (χ2n) is 4.76. The highest BCUT2D eigenvalue weighted by Gasteiger charge is 2.18. The van der Waals surface area contributed by atoms with Crippen LogP contribution in [0.25, 0.3) is 0 Å². The predicted molar refractivity (Wildman–Crippen MR) is 85.2 cm³/mol. The lowest BCUT2D eigenvalue weighted by Gasteiger charge is -2.13. The first-order chi connectivity index (χ1) is 9.88. The van der Waals surface area contributed by atoms with Gasteiger partial charge in [0, 0.05) is 11.3 Å². The van der Waals surface area contributed by atoms with E-state index in [4.69, 9.17) is 18.0 Å². The molecule has 7 heteroatoms. The summed E-state index contributed by atoms with van der Waals surface area (Å²) in [5.74, 6) is 1.19. The van der Waals surface area contributed by atoms with E-state index in [1.165, 1.54) is 0 Å². The van der Waals surface area contributed by atoms with E-state index in [0.29, 0.717) is 22.3 Å². The first kappa shape index (κ1) is 15.1. The molecule has 0 fully saturated rings. The van der Waals surface area contributed by atoms with Gasteiger partial charge in [0.15, 0.2) is 0 Å². The monoisotopic (exact) mass is 303 g/mol. The Morgan fingerprint density at radius 3 is 2.43 bits per heavy atom. The molecule has 1 unspecified atom stereocenters. The summed E-state index contributed by atoms with van der Waals surface area (Å²) >= 11 is 4.89. The van der Waals surface area contributed by atoms with Gasteiger partial charge in [-0.1, -0.05) is 12.2 Å². The van der Waals surface area contributed by atoms with E-state index in [1.54, 1.807) is 42.8 Å². The van der Waals surface area contributed by atoms with E-state index in [9.17, 15) is 4.79 Å². The number of rotatable bonds is 4.